The van der Waals surface area contributed by atoms with Gasteiger partial charge in [0.05, 0.1) is 19.3 Å². The van der Waals surface area contributed by atoms with Gasteiger partial charge in [0.2, 0.25) is 0 Å². The number of ether oxygens (including phenoxy) is 1. The molecule has 11 heteroatoms. The highest BCUT2D eigenvalue weighted by molar-refractivity contribution is 4.82. The molecule has 0 aromatic heterocycles. The molecule has 0 rings (SSSR count). The van der Waals surface area contributed by atoms with Crippen LogP contribution < -0.4 is 50.4 Å². The minimum atomic E-state index is -0.560. The van der Waals surface area contributed by atoms with Gasteiger partial charge in [0.1, 0.15) is 18.9 Å². The van der Waals surface area contributed by atoms with Crippen LogP contribution in [0.25, 0.3) is 0 Å². The van der Waals surface area contributed by atoms with Crippen LogP contribution in [0.15, 0.2) is 0 Å². The van der Waals surface area contributed by atoms with Gasteiger partial charge in [0, 0.05) is 0 Å². The smallest absolute Gasteiger partial charge is 0.106 e. The van der Waals surface area contributed by atoms with Crippen molar-refractivity contribution in [3.8, 4) is 0 Å². The van der Waals surface area contributed by atoms with Gasteiger partial charge >= 0.3 is 0 Å². The van der Waals surface area contributed by atoms with Crippen LogP contribution >= 0.6 is 0 Å². The Morgan fingerprint density at radius 1 is 0.778 bits per heavy atom. The lowest BCUT2D eigenvalue weighted by Gasteiger charge is -2.35. The number of nitrogens with two attached hydrogens (primary N) is 6. The summed E-state index contributed by atoms with van der Waals surface area (Å²) in [6.07, 6.45) is 2.30. The Bertz CT molecular complexity index is 312. The van der Waals surface area contributed by atoms with Crippen LogP contribution in [0.5, 0.6) is 0 Å². The van der Waals surface area contributed by atoms with Gasteiger partial charge in [0.25, 0.3) is 0 Å². The standard InChI is InChI=1S/C16H43N9O2/c1-12(26)10-27-11-16(6-9-25-15(21)22,4-2-7-23-13(17)18)5-3-8-24-14(19)20/h12-15,23-26H,2-11,17-22H2,1H3. The Labute approximate surface area is 163 Å². The molecule has 0 radical (unpaired) electrons. The van der Waals surface area contributed by atoms with E-state index in [1.165, 1.54) is 0 Å². The SMILES string of the molecule is CC(O)COCC(CCCNC(N)N)(CCCNC(N)N)CCNC(N)N. The van der Waals surface area contributed by atoms with Crippen molar-refractivity contribution in [2.75, 3.05) is 32.8 Å². The second-order valence-corrected chi connectivity index (χ2v) is 7.26. The Morgan fingerprint density at radius 2 is 1.22 bits per heavy atom. The van der Waals surface area contributed by atoms with Gasteiger partial charge in [-0.25, -0.2) is 0 Å². The van der Waals surface area contributed by atoms with Gasteiger partial charge in [-0.15, -0.1) is 0 Å². The van der Waals surface area contributed by atoms with Gasteiger partial charge in [-0.3, -0.25) is 16.0 Å². The molecule has 0 aliphatic heterocycles. The van der Waals surface area contributed by atoms with Crippen molar-refractivity contribution in [3.05, 3.63) is 0 Å². The van der Waals surface area contributed by atoms with Gasteiger partial charge < -0.3 is 44.2 Å². The van der Waals surface area contributed by atoms with Crippen molar-refractivity contribution in [2.45, 2.75) is 64.0 Å². The summed E-state index contributed by atoms with van der Waals surface area (Å²) in [6, 6.07) is 0. The molecule has 0 saturated carbocycles. The highest BCUT2D eigenvalue weighted by Gasteiger charge is 2.29. The van der Waals surface area contributed by atoms with Crippen molar-refractivity contribution in [3.63, 3.8) is 0 Å². The summed E-state index contributed by atoms with van der Waals surface area (Å²) in [4.78, 5) is 0. The first-order chi connectivity index (χ1) is 12.7. The maximum atomic E-state index is 9.50. The summed E-state index contributed by atoms with van der Waals surface area (Å²) >= 11 is 0. The van der Waals surface area contributed by atoms with Crippen molar-refractivity contribution in [1.82, 2.24) is 16.0 Å². The molecule has 11 nitrogen and oxygen atoms in total. The zero-order chi connectivity index (χ0) is 20.7. The number of aliphatic hydroxyl groups excluding tert-OH is 1. The minimum absolute atomic E-state index is 0.0997. The maximum absolute atomic E-state index is 9.50. The first kappa shape index (κ1) is 26.6. The monoisotopic (exact) mass is 393 g/mol. The molecule has 16 N–H and O–H groups in total. The predicted octanol–water partition coefficient (Wildman–Crippen LogP) is -3.31. The topological polar surface area (TPSA) is 222 Å². The highest BCUT2D eigenvalue weighted by atomic mass is 16.5. The van der Waals surface area contributed by atoms with Crippen LogP contribution in [0.4, 0.5) is 0 Å². The van der Waals surface area contributed by atoms with Gasteiger partial charge in [0.15, 0.2) is 0 Å². The van der Waals surface area contributed by atoms with Crippen molar-refractivity contribution in [1.29, 1.82) is 0 Å². The zero-order valence-electron chi connectivity index (χ0n) is 16.7. The van der Waals surface area contributed by atoms with Crippen LogP contribution in [0, 0.1) is 5.41 Å². The molecule has 164 valence electrons. The normalized spacial score (nSPS) is 13.9. The summed E-state index contributed by atoms with van der Waals surface area (Å²) in [5, 5.41) is 18.6. The van der Waals surface area contributed by atoms with E-state index in [1.54, 1.807) is 6.92 Å². The van der Waals surface area contributed by atoms with Crippen LogP contribution in [0.2, 0.25) is 0 Å². The van der Waals surface area contributed by atoms with Crippen LogP contribution in [0.1, 0.15) is 39.0 Å². The Balaban J connectivity index is 4.84. The van der Waals surface area contributed by atoms with E-state index >= 15 is 0 Å². The lowest BCUT2D eigenvalue weighted by molar-refractivity contribution is -0.0135. The van der Waals surface area contributed by atoms with E-state index in [-0.39, 0.29) is 5.41 Å². The number of aliphatic hydroxyl groups is 1. The van der Waals surface area contributed by atoms with E-state index in [0.29, 0.717) is 32.8 Å². The molecule has 1 atom stereocenters. The highest BCUT2D eigenvalue weighted by Crippen LogP contribution is 2.34. The van der Waals surface area contributed by atoms with Crippen LogP contribution in [-0.2, 0) is 4.74 Å². The molecular weight excluding hydrogens is 350 g/mol. The van der Waals surface area contributed by atoms with E-state index < -0.39 is 25.0 Å². The number of rotatable bonds is 18. The molecule has 0 bridgehead atoms. The Hall–Kier alpha value is -0.440. The van der Waals surface area contributed by atoms with E-state index in [0.717, 1.165) is 32.1 Å². The molecule has 0 amide bonds. The molecule has 1 unspecified atom stereocenters. The number of hydrogen-bond donors (Lipinski definition) is 10. The third kappa shape index (κ3) is 16.2. The third-order valence-electron chi connectivity index (χ3n) is 4.33. The summed E-state index contributed by atoms with van der Waals surface area (Å²) in [7, 11) is 0. The van der Waals surface area contributed by atoms with Crippen molar-refractivity contribution < 1.29 is 9.84 Å². The van der Waals surface area contributed by atoms with Crippen LogP contribution in [0.3, 0.4) is 0 Å². The molecule has 0 aromatic carbocycles. The quantitative estimate of drug-likeness (QED) is 0.0819. The third-order valence-corrected chi connectivity index (χ3v) is 4.33. The average Bonchev–Trinajstić information content (AvgIpc) is 2.54. The van der Waals surface area contributed by atoms with Crippen molar-refractivity contribution >= 4 is 0 Å². The molecular formula is C16H43N9O2. The largest absolute Gasteiger partial charge is 0.391 e. The first-order valence-electron chi connectivity index (χ1n) is 9.66. The average molecular weight is 394 g/mol. The second kappa shape index (κ2) is 15.5. The summed E-state index contributed by atoms with van der Waals surface area (Å²) in [5.74, 6) is 0. The van der Waals surface area contributed by atoms with Crippen molar-refractivity contribution in [2.24, 2.45) is 39.8 Å². The van der Waals surface area contributed by atoms with E-state index in [9.17, 15) is 5.11 Å². The van der Waals surface area contributed by atoms with Gasteiger partial charge in [-0.05, 0) is 64.1 Å². The second-order valence-electron chi connectivity index (χ2n) is 7.26. The number of hydrogen-bond acceptors (Lipinski definition) is 11. The minimum Gasteiger partial charge on any atom is -0.391 e. The molecule has 0 fully saturated rings. The van der Waals surface area contributed by atoms with Gasteiger partial charge in [-0.2, -0.15) is 0 Å². The van der Waals surface area contributed by atoms with Gasteiger partial charge in [-0.1, -0.05) is 0 Å². The van der Waals surface area contributed by atoms with E-state index in [4.69, 9.17) is 39.1 Å². The molecule has 0 aliphatic rings. The Morgan fingerprint density at radius 3 is 1.63 bits per heavy atom. The molecule has 0 spiro atoms. The fraction of sp³-hybridized carbons (Fsp3) is 1.00. The van der Waals surface area contributed by atoms with Crippen LogP contribution in [-0.4, -0.2) is 62.9 Å². The molecule has 0 heterocycles. The van der Waals surface area contributed by atoms with E-state index in [2.05, 4.69) is 16.0 Å². The number of nitrogens with one attached hydrogen (secondary N) is 3. The molecule has 0 aliphatic carbocycles. The maximum Gasteiger partial charge on any atom is 0.106 e. The predicted molar refractivity (Wildman–Crippen MR) is 109 cm³/mol. The zero-order valence-corrected chi connectivity index (χ0v) is 16.7. The summed E-state index contributed by atoms with van der Waals surface area (Å²) in [6.45, 7) is 4.63. The lowest BCUT2D eigenvalue weighted by Crippen LogP contribution is -2.47. The fourth-order valence-corrected chi connectivity index (χ4v) is 3.01. The molecule has 27 heavy (non-hydrogen) atoms. The summed E-state index contributed by atoms with van der Waals surface area (Å²) in [5.41, 5.74) is 33.3. The summed E-state index contributed by atoms with van der Waals surface area (Å²) < 4.78 is 5.79. The molecule has 0 saturated heterocycles. The Kier molecular flexibility index (Phi) is 15.2. The molecule has 0 aromatic rings. The lowest BCUT2D eigenvalue weighted by atomic mass is 9.76. The fourth-order valence-electron chi connectivity index (χ4n) is 3.01. The first-order valence-corrected chi connectivity index (χ1v) is 9.66. The van der Waals surface area contributed by atoms with E-state index in [1.807, 2.05) is 0 Å².